The smallest absolute Gasteiger partial charge is 0.260 e. The molecule has 0 fully saturated rings. The van der Waals surface area contributed by atoms with Crippen LogP contribution in [-0.4, -0.2) is 36.4 Å². The van der Waals surface area contributed by atoms with E-state index in [1.807, 2.05) is 13.8 Å². The molecular weight excluding hydrogens is 252 g/mol. The Morgan fingerprint density at radius 3 is 2.56 bits per heavy atom. The molecule has 18 heavy (non-hydrogen) atoms. The van der Waals surface area contributed by atoms with Crippen LogP contribution in [0.2, 0.25) is 0 Å². The van der Waals surface area contributed by atoms with Gasteiger partial charge in [0, 0.05) is 19.8 Å². The normalized spacial score (nSPS) is 13.8. The summed E-state index contributed by atoms with van der Waals surface area (Å²) in [5.74, 6) is 0.307. The summed E-state index contributed by atoms with van der Waals surface area (Å²) >= 11 is 0. The molecule has 0 aromatic carbocycles. The summed E-state index contributed by atoms with van der Waals surface area (Å²) in [5, 5.41) is 8.91. The first-order valence-electron chi connectivity index (χ1n) is 5.94. The van der Waals surface area contributed by atoms with E-state index in [4.69, 9.17) is 5.11 Å². The molecule has 0 bridgehead atoms. The Morgan fingerprint density at radius 1 is 1.44 bits per heavy atom. The maximum absolute atomic E-state index is 12.2. The number of hydrogen-bond donors (Lipinski definition) is 1. The number of aliphatic hydroxyl groups is 1. The molecule has 1 aromatic heterocycles. The van der Waals surface area contributed by atoms with E-state index in [0.717, 1.165) is 6.42 Å². The molecule has 102 valence electrons. The summed E-state index contributed by atoms with van der Waals surface area (Å²) in [7, 11) is -1.97. The van der Waals surface area contributed by atoms with E-state index in [9.17, 15) is 8.42 Å². The molecule has 5 nitrogen and oxygen atoms in total. The number of aliphatic hydroxyl groups excluding tert-OH is 1. The molecule has 1 unspecified atom stereocenters. The third kappa shape index (κ3) is 3.51. The summed E-state index contributed by atoms with van der Waals surface area (Å²) in [5.41, 5.74) is 0.596. The molecule has 0 aliphatic rings. The average Bonchev–Trinajstić information content (AvgIpc) is 2.38. The van der Waals surface area contributed by atoms with Crippen LogP contribution in [0.1, 0.15) is 25.8 Å². The predicted octanol–water partition coefficient (Wildman–Crippen LogP) is 1.24. The molecular formula is C12H20N2O3S. The zero-order valence-corrected chi connectivity index (χ0v) is 11.8. The average molecular weight is 272 g/mol. The lowest BCUT2D eigenvalue weighted by Gasteiger charge is -2.19. The van der Waals surface area contributed by atoms with Crippen LogP contribution in [-0.2, 0) is 16.6 Å². The van der Waals surface area contributed by atoms with E-state index in [1.165, 1.54) is 16.6 Å². The quantitative estimate of drug-likeness (QED) is 0.846. The van der Waals surface area contributed by atoms with E-state index in [0.29, 0.717) is 18.0 Å². The number of hydrogen-bond acceptors (Lipinski definition) is 4. The summed E-state index contributed by atoms with van der Waals surface area (Å²) in [4.78, 5) is 3.89. The minimum atomic E-state index is -3.53. The topological polar surface area (TPSA) is 70.5 Å². The van der Waals surface area contributed by atoms with Crippen LogP contribution in [0.4, 0.5) is 0 Å². The van der Waals surface area contributed by atoms with Crippen molar-refractivity contribution in [2.75, 3.05) is 13.6 Å². The van der Waals surface area contributed by atoms with Gasteiger partial charge in [0.15, 0.2) is 5.03 Å². The van der Waals surface area contributed by atoms with Gasteiger partial charge in [-0.2, -0.15) is 4.31 Å². The summed E-state index contributed by atoms with van der Waals surface area (Å²) in [6, 6.07) is 2.99. The standard InChI is InChI=1S/C12H20N2O3S/c1-4-10(2)8-14(3)18(16,17)12-6-5-11(9-15)7-13-12/h5-7,10,15H,4,8-9H2,1-3H3. The van der Waals surface area contributed by atoms with Crippen molar-refractivity contribution in [3.8, 4) is 0 Å². The van der Waals surface area contributed by atoms with Crippen LogP contribution in [0.3, 0.4) is 0 Å². The van der Waals surface area contributed by atoms with Crippen molar-refractivity contribution in [3.05, 3.63) is 23.9 Å². The summed E-state index contributed by atoms with van der Waals surface area (Å²) < 4.78 is 25.7. The zero-order chi connectivity index (χ0) is 13.8. The van der Waals surface area contributed by atoms with Crippen molar-refractivity contribution >= 4 is 10.0 Å². The fourth-order valence-electron chi connectivity index (χ4n) is 1.48. The summed E-state index contributed by atoms with van der Waals surface area (Å²) in [6.45, 7) is 4.37. The van der Waals surface area contributed by atoms with E-state index < -0.39 is 10.0 Å². The van der Waals surface area contributed by atoms with Crippen molar-refractivity contribution in [2.45, 2.75) is 31.9 Å². The Labute approximate surface area is 109 Å². The van der Waals surface area contributed by atoms with Gasteiger partial charge in [0.1, 0.15) is 0 Å². The molecule has 1 rings (SSSR count). The van der Waals surface area contributed by atoms with E-state index in [1.54, 1.807) is 13.1 Å². The Bertz CT molecular complexity index is 471. The Morgan fingerprint density at radius 2 is 2.11 bits per heavy atom. The Kier molecular flexibility index (Phi) is 5.25. The molecule has 0 spiro atoms. The molecule has 1 heterocycles. The lowest BCUT2D eigenvalue weighted by molar-refractivity contribution is 0.281. The van der Waals surface area contributed by atoms with Gasteiger partial charge in [0.05, 0.1) is 6.61 Å². The third-order valence-corrected chi connectivity index (χ3v) is 4.66. The molecule has 0 amide bonds. The third-order valence-electron chi connectivity index (χ3n) is 2.92. The highest BCUT2D eigenvalue weighted by Crippen LogP contribution is 2.14. The molecule has 1 N–H and O–H groups in total. The van der Waals surface area contributed by atoms with Crippen molar-refractivity contribution < 1.29 is 13.5 Å². The lowest BCUT2D eigenvalue weighted by Crippen LogP contribution is -2.31. The molecule has 6 heteroatoms. The van der Waals surface area contributed by atoms with E-state index in [-0.39, 0.29) is 11.6 Å². The Hall–Kier alpha value is -0.980. The second-order valence-electron chi connectivity index (χ2n) is 4.46. The van der Waals surface area contributed by atoms with Crippen LogP contribution in [0.15, 0.2) is 23.4 Å². The monoisotopic (exact) mass is 272 g/mol. The van der Waals surface area contributed by atoms with Gasteiger partial charge in [-0.05, 0) is 17.5 Å². The first-order valence-corrected chi connectivity index (χ1v) is 7.38. The minimum absolute atomic E-state index is 0.0190. The first kappa shape index (κ1) is 15.1. The van der Waals surface area contributed by atoms with Crippen LogP contribution in [0, 0.1) is 5.92 Å². The van der Waals surface area contributed by atoms with Gasteiger partial charge in [0.25, 0.3) is 10.0 Å². The fraction of sp³-hybridized carbons (Fsp3) is 0.583. The number of rotatable bonds is 6. The van der Waals surface area contributed by atoms with Gasteiger partial charge in [0.2, 0.25) is 0 Å². The SMILES string of the molecule is CCC(C)CN(C)S(=O)(=O)c1ccc(CO)cn1. The number of pyridine rings is 1. The molecule has 0 radical (unpaired) electrons. The van der Waals surface area contributed by atoms with Gasteiger partial charge >= 0.3 is 0 Å². The molecule has 0 saturated carbocycles. The van der Waals surface area contributed by atoms with Crippen molar-refractivity contribution in [1.29, 1.82) is 0 Å². The Balaban J connectivity index is 2.90. The zero-order valence-electron chi connectivity index (χ0n) is 11.0. The second-order valence-corrected chi connectivity index (χ2v) is 6.45. The molecule has 0 aliphatic carbocycles. The van der Waals surface area contributed by atoms with Gasteiger partial charge in [-0.1, -0.05) is 26.3 Å². The van der Waals surface area contributed by atoms with Gasteiger partial charge in [-0.15, -0.1) is 0 Å². The summed E-state index contributed by atoms with van der Waals surface area (Å²) in [6.07, 6.45) is 2.31. The highest BCUT2D eigenvalue weighted by Gasteiger charge is 2.23. The minimum Gasteiger partial charge on any atom is -0.392 e. The van der Waals surface area contributed by atoms with Gasteiger partial charge in [-0.3, -0.25) is 0 Å². The van der Waals surface area contributed by atoms with Gasteiger partial charge < -0.3 is 5.11 Å². The van der Waals surface area contributed by atoms with Crippen LogP contribution < -0.4 is 0 Å². The largest absolute Gasteiger partial charge is 0.392 e. The maximum Gasteiger partial charge on any atom is 0.260 e. The highest BCUT2D eigenvalue weighted by molar-refractivity contribution is 7.89. The molecule has 0 saturated heterocycles. The van der Waals surface area contributed by atoms with Gasteiger partial charge in [-0.25, -0.2) is 13.4 Å². The molecule has 1 atom stereocenters. The number of aromatic nitrogens is 1. The lowest BCUT2D eigenvalue weighted by atomic mass is 10.1. The number of nitrogens with zero attached hydrogens (tertiary/aromatic N) is 2. The van der Waals surface area contributed by atoms with E-state index in [2.05, 4.69) is 4.98 Å². The first-order chi connectivity index (χ1) is 8.41. The fourth-order valence-corrected chi connectivity index (χ4v) is 2.68. The van der Waals surface area contributed by atoms with Crippen LogP contribution in [0.5, 0.6) is 0 Å². The molecule has 0 aliphatic heterocycles. The molecule has 1 aromatic rings. The predicted molar refractivity (Wildman–Crippen MR) is 69.4 cm³/mol. The van der Waals surface area contributed by atoms with Crippen LogP contribution >= 0.6 is 0 Å². The maximum atomic E-state index is 12.2. The second kappa shape index (κ2) is 6.26. The van der Waals surface area contributed by atoms with Crippen molar-refractivity contribution in [2.24, 2.45) is 5.92 Å². The highest BCUT2D eigenvalue weighted by atomic mass is 32.2. The van der Waals surface area contributed by atoms with Crippen LogP contribution in [0.25, 0.3) is 0 Å². The van der Waals surface area contributed by atoms with Crippen molar-refractivity contribution in [3.63, 3.8) is 0 Å². The number of sulfonamides is 1. The van der Waals surface area contributed by atoms with E-state index >= 15 is 0 Å². The van der Waals surface area contributed by atoms with Crippen molar-refractivity contribution in [1.82, 2.24) is 9.29 Å².